The summed E-state index contributed by atoms with van der Waals surface area (Å²) in [6.07, 6.45) is 4.69. The van der Waals surface area contributed by atoms with E-state index in [0.717, 1.165) is 37.8 Å². The van der Waals surface area contributed by atoms with Crippen LogP contribution in [0.25, 0.3) is 21.7 Å². The van der Waals surface area contributed by atoms with Crippen LogP contribution in [0.4, 0.5) is 17.1 Å². The first kappa shape index (κ1) is 39.9. The van der Waals surface area contributed by atoms with E-state index in [1.807, 2.05) is 42.5 Å². The van der Waals surface area contributed by atoms with Crippen molar-refractivity contribution >= 4 is 74.2 Å². The van der Waals surface area contributed by atoms with E-state index in [9.17, 15) is 39.1 Å². The number of benzene rings is 4. The molecule has 8 rings (SSSR count). The van der Waals surface area contributed by atoms with Gasteiger partial charge in [0.05, 0.1) is 24.3 Å². The van der Waals surface area contributed by atoms with Crippen LogP contribution in [0.3, 0.4) is 0 Å². The van der Waals surface area contributed by atoms with Gasteiger partial charge in [-0.2, -0.15) is 0 Å². The Hall–Kier alpha value is -6.88. The average molecular weight is 813 g/mol. The highest BCUT2D eigenvalue weighted by Gasteiger charge is 2.49. The fraction of sp³-hybridized carbons (Fsp3) is 0.273. The molecule has 7 N–H and O–H groups in total. The maximum Gasteiger partial charge on any atom is 0.255 e. The van der Waals surface area contributed by atoms with E-state index >= 15 is 0 Å². The lowest BCUT2D eigenvalue weighted by atomic mass is 10.0. The van der Waals surface area contributed by atoms with Crippen molar-refractivity contribution < 1.29 is 33.9 Å². The lowest BCUT2D eigenvalue weighted by Crippen LogP contribution is -2.50. The zero-order chi connectivity index (χ0) is 42.0. The number of nitrogens with zero attached hydrogens (tertiary/aromatic N) is 2. The normalized spacial score (nSPS) is 17.5. The molecule has 6 amide bonds. The number of rotatable bonds is 16. The summed E-state index contributed by atoms with van der Waals surface area (Å²) in [6.45, 7) is 1.05. The molecular formula is C44H44N8O8. The van der Waals surface area contributed by atoms with Crippen molar-refractivity contribution in [2.45, 2.75) is 44.2 Å². The molecule has 2 aliphatic heterocycles. The Morgan fingerprint density at radius 1 is 0.833 bits per heavy atom. The molecule has 16 heteroatoms. The van der Waals surface area contributed by atoms with Crippen molar-refractivity contribution in [1.82, 2.24) is 30.5 Å². The van der Waals surface area contributed by atoms with Crippen LogP contribution in [0, 0.1) is 5.21 Å². The molecule has 1 unspecified atom stereocenters. The van der Waals surface area contributed by atoms with Gasteiger partial charge in [-0.1, -0.05) is 24.3 Å². The molecule has 308 valence electrons. The number of carbonyl (C=O) groups is 6. The van der Waals surface area contributed by atoms with Crippen LogP contribution in [-0.2, 0) is 36.9 Å². The van der Waals surface area contributed by atoms with Gasteiger partial charge in [0, 0.05) is 89.5 Å². The van der Waals surface area contributed by atoms with Crippen LogP contribution >= 0.6 is 0 Å². The van der Waals surface area contributed by atoms with E-state index in [1.54, 1.807) is 36.4 Å². The largest absolute Gasteiger partial charge is 0.627 e. The molecule has 0 bridgehead atoms. The molecule has 0 spiro atoms. The second-order valence-corrected chi connectivity index (χ2v) is 15.4. The molecule has 1 aliphatic carbocycles. The molecule has 5 aromatic rings. The Balaban J connectivity index is 0.768. The Labute approximate surface area is 344 Å². The summed E-state index contributed by atoms with van der Waals surface area (Å²) in [5.41, 5.74) is 3.67. The van der Waals surface area contributed by atoms with Crippen molar-refractivity contribution in [2.24, 2.45) is 0 Å². The van der Waals surface area contributed by atoms with E-state index in [1.165, 1.54) is 12.2 Å². The number of amides is 6. The summed E-state index contributed by atoms with van der Waals surface area (Å²) in [5.74, 6) is -2.01. The van der Waals surface area contributed by atoms with E-state index < -0.39 is 16.1 Å². The second kappa shape index (κ2) is 16.4. The van der Waals surface area contributed by atoms with Crippen LogP contribution < -0.4 is 31.2 Å². The van der Waals surface area contributed by atoms with E-state index in [4.69, 9.17) is 0 Å². The highest BCUT2D eigenvalue weighted by atomic mass is 16.5. The van der Waals surface area contributed by atoms with Gasteiger partial charge in [0.25, 0.3) is 17.7 Å². The maximum atomic E-state index is 14.1. The van der Waals surface area contributed by atoms with Gasteiger partial charge in [-0.25, -0.2) is 0 Å². The van der Waals surface area contributed by atoms with Crippen molar-refractivity contribution in [3.63, 3.8) is 0 Å². The fourth-order valence-corrected chi connectivity index (χ4v) is 7.93. The van der Waals surface area contributed by atoms with Crippen molar-refractivity contribution in [3.8, 4) is 5.75 Å². The molecule has 60 heavy (non-hydrogen) atoms. The Morgan fingerprint density at radius 2 is 1.57 bits per heavy atom. The highest BCUT2D eigenvalue weighted by molar-refractivity contribution is 6.13. The van der Waals surface area contributed by atoms with E-state index in [2.05, 4.69) is 31.6 Å². The monoisotopic (exact) mass is 812 g/mol. The molecule has 1 aromatic heterocycles. The van der Waals surface area contributed by atoms with Crippen molar-refractivity contribution in [3.05, 3.63) is 113 Å². The first-order chi connectivity index (χ1) is 28.9. The number of phenolic OH excluding ortho intramolecular Hbond substituents is 1. The number of aromatic hydroxyl groups is 1. The number of fused-ring (bicyclic) bond motifs is 4. The first-order valence-electron chi connectivity index (χ1n) is 19.9. The summed E-state index contributed by atoms with van der Waals surface area (Å²) in [7, 11) is 0. The number of carbonyl (C=O) groups excluding carboxylic acids is 6. The summed E-state index contributed by atoms with van der Waals surface area (Å²) in [5, 5.41) is 41.4. The number of phenols is 1. The van der Waals surface area contributed by atoms with E-state index in [-0.39, 0.29) is 67.9 Å². The number of hydrogen-bond acceptors (Lipinski definition) is 9. The Bertz CT molecular complexity index is 2560. The first-order valence-corrected chi connectivity index (χ1v) is 19.9. The molecule has 0 saturated heterocycles. The molecule has 1 fully saturated rings. The summed E-state index contributed by atoms with van der Waals surface area (Å²) >= 11 is 0. The van der Waals surface area contributed by atoms with Crippen molar-refractivity contribution in [1.29, 1.82) is 0 Å². The minimum atomic E-state index is -0.805. The van der Waals surface area contributed by atoms with Gasteiger partial charge < -0.3 is 46.5 Å². The minimum absolute atomic E-state index is 0.0968. The summed E-state index contributed by atoms with van der Waals surface area (Å²) < 4.78 is -0.587. The third-order valence-electron chi connectivity index (χ3n) is 11.3. The Kier molecular flexibility index (Phi) is 10.9. The number of hydrogen-bond donors (Lipinski definition) is 7. The maximum absolute atomic E-state index is 14.1. The van der Waals surface area contributed by atoms with Gasteiger partial charge in [0.15, 0.2) is 0 Å². The lowest BCUT2D eigenvalue weighted by molar-refractivity contribution is -0.137. The number of nitrogens with one attached hydrogen (secondary N) is 6. The molecule has 3 heterocycles. The molecule has 1 atom stereocenters. The number of aromatic amines is 1. The second-order valence-electron chi connectivity index (χ2n) is 15.4. The molecule has 0 radical (unpaired) electrons. The SMILES string of the molecule is O=C(CCCN1C(=O)C=CC1=O)NCCNC1(C(=O)NCC(=O)Nc2ccc(C(=O)Nc3ccc4[nH]c(C[N+]5([O-])CCc6c5cc(O)c5ccccc65)cc4c3)cc2)CC1. The predicted octanol–water partition coefficient (Wildman–Crippen LogP) is 3.84. The predicted molar refractivity (Wildman–Crippen MR) is 225 cm³/mol. The topological polar surface area (TPSA) is 225 Å². The number of H-pyrrole nitrogens is 1. The van der Waals surface area contributed by atoms with Crippen LogP contribution in [0.2, 0.25) is 0 Å². The molecule has 3 aliphatic rings. The fourth-order valence-electron chi connectivity index (χ4n) is 7.93. The van der Waals surface area contributed by atoms with Gasteiger partial charge in [-0.15, -0.1) is 0 Å². The standard InChI is InChI=1S/C44H44N8O8/c53-37-24-36-33(32-4-1-2-5-34(32)37)15-21-52(36,60)26-31-23-28-22-30(11-12-35(28)48-31)50-42(58)27-7-9-29(10-8-27)49-39(55)25-46-43(59)44(16-17-44)47-19-18-45-38(54)6-3-20-51-40(56)13-14-41(51)57/h1-2,4-5,7-14,22-24,47-48,53H,3,6,15-21,25-26H2,(H,45,54)(H,46,59)(H,49,55)(H,50,58). The van der Waals surface area contributed by atoms with E-state index in [0.29, 0.717) is 61.4 Å². The van der Waals surface area contributed by atoms with Crippen LogP contribution in [0.5, 0.6) is 5.75 Å². The third-order valence-corrected chi connectivity index (χ3v) is 11.3. The van der Waals surface area contributed by atoms with Crippen LogP contribution in [0.15, 0.2) is 91.0 Å². The minimum Gasteiger partial charge on any atom is -0.627 e. The van der Waals surface area contributed by atoms with Gasteiger partial charge >= 0.3 is 0 Å². The number of aromatic nitrogens is 1. The summed E-state index contributed by atoms with van der Waals surface area (Å²) in [6, 6.07) is 22.9. The van der Waals surface area contributed by atoms with Gasteiger partial charge in [-0.05, 0) is 73.2 Å². The quantitative estimate of drug-likeness (QED) is 0.0332. The van der Waals surface area contributed by atoms with Crippen LogP contribution in [-0.4, -0.2) is 88.7 Å². The molecule has 4 aromatic carbocycles. The highest BCUT2D eigenvalue weighted by Crippen LogP contribution is 2.44. The van der Waals surface area contributed by atoms with Crippen molar-refractivity contribution in [2.75, 3.05) is 43.4 Å². The average Bonchev–Trinajstić information content (AvgIpc) is 3.68. The molecule has 16 nitrogen and oxygen atoms in total. The number of imide groups is 1. The zero-order valence-corrected chi connectivity index (χ0v) is 32.6. The summed E-state index contributed by atoms with van der Waals surface area (Å²) in [4.78, 5) is 78.5. The molecular weight excluding hydrogens is 769 g/mol. The van der Waals surface area contributed by atoms with Gasteiger partial charge in [-0.3, -0.25) is 33.7 Å². The van der Waals surface area contributed by atoms with Gasteiger partial charge in [0.1, 0.15) is 18.0 Å². The number of anilines is 2. The van der Waals surface area contributed by atoms with Crippen LogP contribution in [0.1, 0.15) is 47.3 Å². The van der Waals surface area contributed by atoms with Gasteiger partial charge in [0.2, 0.25) is 17.7 Å². The number of hydroxylamine groups is 2. The Morgan fingerprint density at radius 3 is 2.32 bits per heavy atom. The lowest BCUT2D eigenvalue weighted by Gasteiger charge is -2.38. The zero-order valence-electron chi connectivity index (χ0n) is 32.6. The smallest absolute Gasteiger partial charge is 0.255 e. The molecule has 1 saturated carbocycles. The third kappa shape index (κ3) is 8.47. The number of quaternary nitrogens is 1.